The Labute approximate surface area is 102 Å². The Morgan fingerprint density at radius 1 is 1.18 bits per heavy atom. The number of fused-ring (bicyclic) bond motifs is 1. The minimum Gasteiger partial charge on any atom is -0.229 e. The molecule has 0 N–H and O–H groups in total. The van der Waals surface area contributed by atoms with Crippen molar-refractivity contribution in [1.29, 1.82) is 0 Å². The summed E-state index contributed by atoms with van der Waals surface area (Å²) in [5, 5.41) is 8.86. The normalized spacial score (nSPS) is 10.9. The van der Waals surface area contributed by atoms with Gasteiger partial charge in [0.05, 0.1) is 11.9 Å². The number of hydrogen-bond acceptors (Lipinski definition) is 5. The number of hydrogen-bond donors (Lipinski definition) is 0. The minimum absolute atomic E-state index is 0.701. The van der Waals surface area contributed by atoms with Gasteiger partial charge in [-0.1, -0.05) is 35.2 Å². The van der Waals surface area contributed by atoms with E-state index in [4.69, 9.17) is 0 Å². The predicted octanol–water partition coefficient (Wildman–Crippen LogP) is 1.93. The van der Waals surface area contributed by atoms with Crippen molar-refractivity contribution < 1.29 is 0 Å². The third kappa shape index (κ3) is 1.76. The average molecular weight is 243 g/mol. The smallest absolute Gasteiger partial charge is 0.189 e. The largest absolute Gasteiger partial charge is 0.229 e. The maximum atomic E-state index is 4.42. The first kappa shape index (κ1) is 10.2. The van der Waals surface area contributed by atoms with Gasteiger partial charge in [-0.2, -0.15) is 4.68 Å². The molecule has 0 bridgehead atoms. The molecule has 2 aromatic heterocycles. The van der Waals surface area contributed by atoms with E-state index in [1.165, 1.54) is 11.8 Å². The van der Waals surface area contributed by atoms with Crippen LogP contribution in [0.1, 0.15) is 0 Å². The molecule has 5 nitrogen and oxygen atoms in total. The van der Waals surface area contributed by atoms with Crippen LogP contribution in [0.25, 0.3) is 16.9 Å². The summed E-state index contributed by atoms with van der Waals surface area (Å²) in [6.45, 7) is 0. The summed E-state index contributed by atoms with van der Waals surface area (Å²) in [7, 11) is 0. The molecule has 0 saturated carbocycles. The third-order valence-corrected chi connectivity index (χ3v) is 2.92. The lowest BCUT2D eigenvalue weighted by Crippen LogP contribution is -1.98. The molecular formula is C11H9N5S. The standard InChI is InChI=1S/C11H9N5S/c1-17-11-12-7-9-10(13-11)16(15-14-9)8-5-3-2-4-6-8/h2-7H,1H3. The summed E-state index contributed by atoms with van der Waals surface area (Å²) in [6, 6.07) is 9.81. The summed E-state index contributed by atoms with van der Waals surface area (Å²) in [6.07, 6.45) is 3.64. The summed E-state index contributed by atoms with van der Waals surface area (Å²) >= 11 is 1.50. The maximum Gasteiger partial charge on any atom is 0.189 e. The Morgan fingerprint density at radius 3 is 2.76 bits per heavy atom. The molecule has 6 heteroatoms. The van der Waals surface area contributed by atoms with E-state index in [0.717, 1.165) is 16.5 Å². The highest BCUT2D eigenvalue weighted by Gasteiger charge is 2.08. The van der Waals surface area contributed by atoms with Crippen molar-refractivity contribution in [3.63, 3.8) is 0 Å². The van der Waals surface area contributed by atoms with Crippen LogP contribution in [0.4, 0.5) is 0 Å². The van der Waals surface area contributed by atoms with Gasteiger partial charge < -0.3 is 0 Å². The van der Waals surface area contributed by atoms with Crippen molar-refractivity contribution in [2.24, 2.45) is 0 Å². The molecule has 0 unspecified atom stereocenters. The Morgan fingerprint density at radius 2 is 2.00 bits per heavy atom. The highest BCUT2D eigenvalue weighted by Crippen LogP contribution is 2.16. The van der Waals surface area contributed by atoms with Gasteiger partial charge >= 0.3 is 0 Å². The van der Waals surface area contributed by atoms with Gasteiger partial charge in [-0.05, 0) is 18.4 Å². The molecule has 0 fully saturated rings. The van der Waals surface area contributed by atoms with Crippen molar-refractivity contribution in [2.75, 3.05) is 6.26 Å². The predicted molar refractivity (Wildman–Crippen MR) is 66.2 cm³/mol. The summed E-state index contributed by atoms with van der Waals surface area (Å²) in [5.41, 5.74) is 2.38. The highest BCUT2D eigenvalue weighted by atomic mass is 32.2. The fraction of sp³-hybridized carbons (Fsp3) is 0.0909. The van der Waals surface area contributed by atoms with Crippen molar-refractivity contribution in [2.45, 2.75) is 5.16 Å². The Bertz CT molecular complexity index is 649. The first-order valence-electron chi connectivity index (χ1n) is 5.06. The zero-order valence-corrected chi connectivity index (χ0v) is 9.92. The molecule has 1 aromatic carbocycles. The molecule has 0 aliphatic carbocycles. The van der Waals surface area contributed by atoms with Crippen molar-refractivity contribution in [3.8, 4) is 5.69 Å². The molecule has 0 saturated heterocycles. The number of thioether (sulfide) groups is 1. The monoisotopic (exact) mass is 243 g/mol. The van der Waals surface area contributed by atoms with E-state index < -0.39 is 0 Å². The molecule has 2 heterocycles. The SMILES string of the molecule is CSc1ncc2nnn(-c3ccccc3)c2n1. The van der Waals surface area contributed by atoms with E-state index in [-0.39, 0.29) is 0 Å². The van der Waals surface area contributed by atoms with Gasteiger partial charge in [0, 0.05) is 0 Å². The van der Waals surface area contributed by atoms with Gasteiger partial charge in [-0.3, -0.25) is 0 Å². The molecule has 0 aliphatic heterocycles. The molecule has 84 valence electrons. The van der Waals surface area contributed by atoms with Crippen molar-refractivity contribution >= 4 is 22.9 Å². The number of benzene rings is 1. The quantitative estimate of drug-likeness (QED) is 0.508. The zero-order valence-electron chi connectivity index (χ0n) is 9.11. The van der Waals surface area contributed by atoms with Crippen LogP contribution in [0.2, 0.25) is 0 Å². The highest BCUT2D eigenvalue weighted by molar-refractivity contribution is 7.98. The fourth-order valence-electron chi connectivity index (χ4n) is 1.55. The lowest BCUT2D eigenvalue weighted by atomic mass is 10.3. The first-order chi connectivity index (χ1) is 8.38. The topological polar surface area (TPSA) is 56.5 Å². The summed E-state index contributed by atoms with van der Waals surface area (Å²) in [4.78, 5) is 8.59. The summed E-state index contributed by atoms with van der Waals surface area (Å²) < 4.78 is 1.72. The molecule has 17 heavy (non-hydrogen) atoms. The van der Waals surface area contributed by atoms with Gasteiger partial charge in [-0.25, -0.2) is 9.97 Å². The minimum atomic E-state index is 0.701. The lowest BCUT2D eigenvalue weighted by molar-refractivity contribution is 0.812. The van der Waals surface area contributed by atoms with E-state index >= 15 is 0 Å². The van der Waals surface area contributed by atoms with E-state index in [0.29, 0.717) is 5.52 Å². The van der Waals surface area contributed by atoms with Gasteiger partial charge in [0.15, 0.2) is 16.3 Å². The molecule has 0 radical (unpaired) electrons. The Balaban J connectivity index is 2.23. The van der Waals surface area contributed by atoms with Gasteiger partial charge in [0.25, 0.3) is 0 Å². The van der Waals surface area contributed by atoms with Gasteiger partial charge in [0.2, 0.25) is 0 Å². The lowest BCUT2D eigenvalue weighted by Gasteiger charge is -2.00. The second-order valence-corrected chi connectivity index (χ2v) is 4.18. The van der Waals surface area contributed by atoms with E-state index in [1.54, 1.807) is 10.9 Å². The van der Waals surface area contributed by atoms with Crippen LogP contribution in [0, 0.1) is 0 Å². The first-order valence-corrected chi connectivity index (χ1v) is 6.29. The third-order valence-electron chi connectivity index (χ3n) is 2.35. The van der Waals surface area contributed by atoms with Crippen LogP contribution < -0.4 is 0 Å². The fourth-order valence-corrected chi connectivity index (χ4v) is 1.89. The maximum absolute atomic E-state index is 4.42. The van der Waals surface area contributed by atoms with E-state index in [9.17, 15) is 0 Å². The Kier molecular flexibility index (Phi) is 2.49. The van der Waals surface area contributed by atoms with E-state index in [1.807, 2.05) is 36.6 Å². The Hall–Kier alpha value is -1.95. The van der Waals surface area contributed by atoms with E-state index in [2.05, 4.69) is 20.3 Å². The molecule has 0 spiro atoms. The van der Waals surface area contributed by atoms with Crippen LogP contribution in [0.5, 0.6) is 0 Å². The average Bonchev–Trinajstić information content (AvgIpc) is 2.82. The molecule has 3 aromatic rings. The summed E-state index contributed by atoms with van der Waals surface area (Å²) in [5.74, 6) is 0. The van der Waals surface area contributed by atoms with Crippen LogP contribution in [0.3, 0.4) is 0 Å². The van der Waals surface area contributed by atoms with Gasteiger partial charge in [-0.15, -0.1) is 5.10 Å². The molecule has 3 rings (SSSR count). The number of rotatable bonds is 2. The van der Waals surface area contributed by atoms with Crippen LogP contribution in [0.15, 0.2) is 41.7 Å². The molecular weight excluding hydrogens is 234 g/mol. The van der Waals surface area contributed by atoms with Crippen LogP contribution in [-0.4, -0.2) is 31.2 Å². The number of nitrogens with zero attached hydrogens (tertiary/aromatic N) is 5. The van der Waals surface area contributed by atoms with Crippen molar-refractivity contribution in [1.82, 2.24) is 25.0 Å². The molecule has 0 aliphatic rings. The van der Waals surface area contributed by atoms with Crippen LogP contribution in [-0.2, 0) is 0 Å². The second-order valence-electron chi connectivity index (χ2n) is 3.40. The number of para-hydroxylation sites is 1. The molecule has 0 amide bonds. The zero-order chi connectivity index (χ0) is 11.7. The van der Waals surface area contributed by atoms with Crippen molar-refractivity contribution in [3.05, 3.63) is 36.5 Å². The second kappa shape index (κ2) is 4.14. The number of aromatic nitrogens is 5. The molecule has 0 atom stereocenters. The van der Waals surface area contributed by atoms with Crippen LogP contribution >= 0.6 is 11.8 Å². The van der Waals surface area contributed by atoms with Gasteiger partial charge in [0.1, 0.15) is 0 Å².